The van der Waals surface area contributed by atoms with Crippen molar-refractivity contribution in [3.05, 3.63) is 0 Å². The molecule has 0 bridgehead atoms. The van der Waals surface area contributed by atoms with E-state index in [1.54, 1.807) is 0 Å². The molecule has 0 aromatic carbocycles. The first-order chi connectivity index (χ1) is 5.41. The van der Waals surface area contributed by atoms with Gasteiger partial charge in [-0.3, -0.25) is 0 Å². The molecule has 2 nitrogen and oxygen atoms in total. The van der Waals surface area contributed by atoms with Crippen molar-refractivity contribution in [3.8, 4) is 12.3 Å². The third kappa shape index (κ3) is 10.2. The van der Waals surface area contributed by atoms with E-state index in [-0.39, 0.29) is 0 Å². The van der Waals surface area contributed by atoms with Gasteiger partial charge in [0.05, 0.1) is 26.4 Å². The van der Waals surface area contributed by atoms with Crippen molar-refractivity contribution in [1.29, 1.82) is 0 Å². The molecule has 3 heteroatoms. The zero-order chi connectivity index (χ0) is 8.36. The van der Waals surface area contributed by atoms with E-state index in [1.807, 2.05) is 0 Å². The topological polar surface area (TPSA) is 18.5 Å². The predicted octanol–water partition coefficient (Wildman–Crippen LogP) is 1.48. The Balaban J connectivity index is 2.75. The van der Waals surface area contributed by atoms with E-state index in [9.17, 15) is 0 Å². The summed E-state index contributed by atoms with van der Waals surface area (Å²) in [5, 5.41) is 0. The van der Waals surface area contributed by atoms with Crippen molar-refractivity contribution in [1.82, 2.24) is 0 Å². The van der Waals surface area contributed by atoms with Crippen LogP contribution in [0.15, 0.2) is 0 Å². The first kappa shape index (κ1) is 11.2. The van der Waals surface area contributed by atoms with Gasteiger partial charge in [-0.25, -0.2) is 0 Å². The zero-order valence-electron chi connectivity index (χ0n) is 6.51. The van der Waals surface area contributed by atoms with Crippen molar-refractivity contribution in [2.24, 2.45) is 0 Å². The van der Waals surface area contributed by atoms with E-state index in [0.717, 1.165) is 11.0 Å². The highest BCUT2D eigenvalue weighted by atomic mass is 127. The molecule has 64 valence electrons. The van der Waals surface area contributed by atoms with Gasteiger partial charge in [0.2, 0.25) is 0 Å². The van der Waals surface area contributed by atoms with E-state index in [4.69, 9.17) is 15.9 Å². The molecule has 0 aromatic heterocycles. The Labute approximate surface area is 81.8 Å². The second kappa shape index (κ2) is 10.2. The van der Waals surface area contributed by atoms with Gasteiger partial charge >= 0.3 is 0 Å². The molecule has 0 N–H and O–H groups in total. The fraction of sp³-hybridized carbons (Fsp3) is 0.750. The number of terminal acetylenes is 1. The number of halogens is 1. The Morgan fingerprint density at radius 1 is 1.09 bits per heavy atom. The van der Waals surface area contributed by atoms with Crippen LogP contribution in [0.3, 0.4) is 0 Å². The lowest BCUT2D eigenvalue weighted by Crippen LogP contribution is -2.06. The molecule has 0 aliphatic carbocycles. The molecule has 0 saturated heterocycles. The molecule has 0 rings (SSSR count). The molecule has 0 amide bonds. The Kier molecular flexibility index (Phi) is 10.4. The van der Waals surface area contributed by atoms with Gasteiger partial charge in [-0.2, -0.15) is 0 Å². The molecule has 0 unspecified atom stereocenters. The predicted molar refractivity (Wildman–Crippen MR) is 54.0 cm³/mol. The van der Waals surface area contributed by atoms with Crippen molar-refractivity contribution < 1.29 is 9.47 Å². The molecule has 11 heavy (non-hydrogen) atoms. The standard InChI is InChI=1S/C8H13IO2/c1-2-3-5-10-7-8-11-6-4-9/h1H,3-8H2. The van der Waals surface area contributed by atoms with E-state index < -0.39 is 0 Å². The molecule has 0 atom stereocenters. The summed E-state index contributed by atoms with van der Waals surface area (Å²) in [6.45, 7) is 2.77. The molecule has 0 aliphatic heterocycles. The van der Waals surface area contributed by atoms with Crippen LogP contribution < -0.4 is 0 Å². The summed E-state index contributed by atoms with van der Waals surface area (Å²) in [5.41, 5.74) is 0. The van der Waals surface area contributed by atoms with E-state index in [0.29, 0.717) is 26.2 Å². The van der Waals surface area contributed by atoms with Gasteiger partial charge in [-0.05, 0) is 0 Å². The summed E-state index contributed by atoms with van der Waals surface area (Å²) in [6, 6.07) is 0. The maximum absolute atomic E-state index is 5.18. The molecule has 0 fully saturated rings. The molecule has 0 heterocycles. The van der Waals surface area contributed by atoms with Gasteiger partial charge in [-0.1, -0.05) is 22.6 Å². The maximum atomic E-state index is 5.18. The fourth-order valence-corrected chi connectivity index (χ4v) is 0.819. The van der Waals surface area contributed by atoms with Crippen LogP contribution in [-0.2, 0) is 9.47 Å². The van der Waals surface area contributed by atoms with Gasteiger partial charge in [-0.15, -0.1) is 12.3 Å². The van der Waals surface area contributed by atoms with Crippen molar-refractivity contribution in [2.75, 3.05) is 30.9 Å². The second-order valence-corrected chi connectivity index (χ2v) is 2.95. The summed E-state index contributed by atoms with van der Waals surface area (Å²) in [7, 11) is 0. The quantitative estimate of drug-likeness (QED) is 0.301. The van der Waals surface area contributed by atoms with Crippen molar-refractivity contribution >= 4 is 22.6 Å². The third-order valence-electron chi connectivity index (χ3n) is 0.984. The second-order valence-electron chi connectivity index (χ2n) is 1.87. The summed E-state index contributed by atoms with van der Waals surface area (Å²) >= 11 is 2.27. The lowest BCUT2D eigenvalue weighted by atomic mass is 10.5. The molecule has 0 aromatic rings. The fourth-order valence-electron chi connectivity index (χ4n) is 0.508. The van der Waals surface area contributed by atoms with Gasteiger partial charge in [0.15, 0.2) is 0 Å². The molecule has 0 aliphatic rings. The normalized spacial score (nSPS) is 9.45. The number of alkyl halides is 1. The highest BCUT2D eigenvalue weighted by molar-refractivity contribution is 14.1. The van der Waals surface area contributed by atoms with Crippen LogP contribution in [0.1, 0.15) is 6.42 Å². The van der Waals surface area contributed by atoms with Gasteiger partial charge in [0.1, 0.15) is 0 Å². The summed E-state index contributed by atoms with van der Waals surface area (Å²) in [5.74, 6) is 2.50. The third-order valence-corrected chi connectivity index (χ3v) is 1.42. The Hall–Kier alpha value is 0.210. The molecule has 0 saturated carbocycles. The maximum Gasteiger partial charge on any atom is 0.0700 e. The monoisotopic (exact) mass is 268 g/mol. The minimum Gasteiger partial charge on any atom is -0.378 e. The number of hydrogen-bond donors (Lipinski definition) is 0. The number of hydrogen-bond acceptors (Lipinski definition) is 2. The smallest absolute Gasteiger partial charge is 0.0700 e. The molecule has 0 radical (unpaired) electrons. The SMILES string of the molecule is C#CCCOCCOCCI. The van der Waals surface area contributed by atoms with Crippen molar-refractivity contribution in [3.63, 3.8) is 0 Å². The molecular weight excluding hydrogens is 255 g/mol. The van der Waals surface area contributed by atoms with Crippen LogP contribution in [0.25, 0.3) is 0 Å². The number of rotatable bonds is 7. The first-order valence-corrected chi connectivity index (χ1v) is 5.09. The van der Waals surface area contributed by atoms with Crippen LogP contribution in [0.2, 0.25) is 0 Å². The minimum absolute atomic E-state index is 0.643. The van der Waals surface area contributed by atoms with Crippen LogP contribution in [0, 0.1) is 12.3 Å². The van der Waals surface area contributed by atoms with Crippen LogP contribution in [0.5, 0.6) is 0 Å². The largest absolute Gasteiger partial charge is 0.378 e. The van der Waals surface area contributed by atoms with Crippen LogP contribution in [-0.4, -0.2) is 30.9 Å². The van der Waals surface area contributed by atoms with Gasteiger partial charge < -0.3 is 9.47 Å². The molecule has 0 spiro atoms. The lowest BCUT2D eigenvalue weighted by Gasteiger charge is -2.01. The highest BCUT2D eigenvalue weighted by Crippen LogP contribution is 1.84. The highest BCUT2D eigenvalue weighted by Gasteiger charge is 1.87. The summed E-state index contributed by atoms with van der Waals surface area (Å²) < 4.78 is 11.4. The van der Waals surface area contributed by atoms with Gasteiger partial charge in [0.25, 0.3) is 0 Å². The van der Waals surface area contributed by atoms with E-state index in [1.165, 1.54) is 0 Å². The van der Waals surface area contributed by atoms with Crippen molar-refractivity contribution in [2.45, 2.75) is 6.42 Å². The van der Waals surface area contributed by atoms with Crippen LogP contribution >= 0.6 is 22.6 Å². The van der Waals surface area contributed by atoms with Crippen LogP contribution in [0.4, 0.5) is 0 Å². The minimum atomic E-state index is 0.643. The zero-order valence-corrected chi connectivity index (χ0v) is 8.67. The lowest BCUT2D eigenvalue weighted by molar-refractivity contribution is 0.0568. The summed E-state index contributed by atoms with van der Waals surface area (Å²) in [4.78, 5) is 0. The average molecular weight is 268 g/mol. The van der Waals surface area contributed by atoms with Gasteiger partial charge in [0, 0.05) is 10.8 Å². The Morgan fingerprint density at radius 2 is 1.73 bits per heavy atom. The summed E-state index contributed by atoms with van der Waals surface area (Å²) in [6.07, 6.45) is 5.72. The van der Waals surface area contributed by atoms with E-state index in [2.05, 4.69) is 28.5 Å². The molecular formula is C8H13IO2. The average Bonchev–Trinajstić information content (AvgIpc) is 2.03. The van der Waals surface area contributed by atoms with E-state index >= 15 is 0 Å². The Morgan fingerprint density at radius 3 is 2.27 bits per heavy atom. The Bertz CT molecular complexity index is 109. The number of ether oxygens (including phenoxy) is 2. The first-order valence-electron chi connectivity index (χ1n) is 3.56.